The summed E-state index contributed by atoms with van der Waals surface area (Å²) in [5.74, 6) is 1.37. The number of rotatable bonds is 5. The number of halogens is 4. The van der Waals surface area contributed by atoms with Gasteiger partial charge in [-0.2, -0.15) is 13.2 Å². The summed E-state index contributed by atoms with van der Waals surface area (Å²) < 4.78 is 50.6. The van der Waals surface area contributed by atoms with Crippen LogP contribution in [-0.4, -0.2) is 62.8 Å². The summed E-state index contributed by atoms with van der Waals surface area (Å²) in [4.78, 5) is 16.9. The van der Waals surface area contributed by atoms with E-state index in [9.17, 15) is 18.0 Å². The number of likely N-dealkylation sites (N-methyl/N-ethyl adjacent to an activating group) is 1. The number of fused-ring (bicyclic) bond motifs is 1. The number of anilines is 1. The average Bonchev–Trinajstić information content (AvgIpc) is 3.20. The van der Waals surface area contributed by atoms with Crippen LogP contribution in [0.15, 0.2) is 36.4 Å². The van der Waals surface area contributed by atoms with Crippen LogP contribution in [0.1, 0.15) is 36.8 Å². The normalized spacial score (nSPS) is 24.2. The molecule has 6 nitrogen and oxygen atoms in total. The van der Waals surface area contributed by atoms with Crippen LogP contribution in [0.3, 0.4) is 0 Å². The Hall–Kier alpha value is -2.65. The van der Waals surface area contributed by atoms with Crippen molar-refractivity contribution in [1.29, 1.82) is 0 Å². The Morgan fingerprint density at radius 3 is 2.53 bits per heavy atom. The number of likely N-dealkylation sites (tertiary alicyclic amines) is 1. The van der Waals surface area contributed by atoms with Crippen LogP contribution in [0, 0.1) is 0 Å². The smallest absolute Gasteiger partial charge is 0.417 e. The van der Waals surface area contributed by atoms with Crippen LogP contribution in [0.4, 0.5) is 23.7 Å². The van der Waals surface area contributed by atoms with E-state index in [1.54, 1.807) is 26.2 Å². The molecule has 1 N–H and O–H groups in total. The van der Waals surface area contributed by atoms with Gasteiger partial charge >= 0.3 is 12.2 Å². The van der Waals surface area contributed by atoms with Gasteiger partial charge in [0.2, 0.25) is 0 Å². The fourth-order valence-corrected chi connectivity index (χ4v) is 6.02. The molecule has 196 valence electrons. The van der Waals surface area contributed by atoms with Crippen LogP contribution in [0.25, 0.3) is 0 Å². The highest BCUT2D eigenvalue weighted by Crippen LogP contribution is 2.50. The van der Waals surface area contributed by atoms with Crippen molar-refractivity contribution in [3.05, 3.63) is 52.5 Å². The summed E-state index contributed by atoms with van der Waals surface area (Å²) in [5.41, 5.74) is 0.201. The number of carbonyl (C=O) groups excluding carboxylic acids is 1. The molecule has 1 heterocycles. The second kappa shape index (κ2) is 10.0. The lowest BCUT2D eigenvalue weighted by atomic mass is 9.65. The molecule has 1 aliphatic heterocycles. The number of benzene rings is 2. The standard InChI is InChI=1S/C26H31ClF3N3O3/c1-32-12-11-25(16-5-8-21(35-3)22(13-16)36-4)10-9-18(15-23(25)32)33(2)24(34)31-17-6-7-20(27)19(14-17)26(28,29)30/h5-8,13-14,18,23H,9-12,15H2,1-4H3,(H,31,34)/t18-,23-,25-/m0/s1. The minimum Gasteiger partial charge on any atom is -0.493 e. The van der Waals surface area contributed by atoms with Gasteiger partial charge in [-0.05, 0) is 75.2 Å². The monoisotopic (exact) mass is 525 g/mol. The summed E-state index contributed by atoms with van der Waals surface area (Å²) in [6, 6.07) is 9.17. The molecule has 0 aromatic heterocycles. The maximum atomic E-state index is 13.2. The van der Waals surface area contributed by atoms with E-state index in [-0.39, 0.29) is 23.2 Å². The number of amides is 2. The van der Waals surface area contributed by atoms with Crippen molar-refractivity contribution in [3.8, 4) is 11.5 Å². The minimum absolute atomic E-state index is 0.0528. The van der Waals surface area contributed by atoms with E-state index >= 15 is 0 Å². The molecule has 0 radical (unpaired) electrons. The number of alkyl halides is 3. The van der Waals surface area contributed by atoms with Crippen molar-refractivity contribution in [2.24, 2.45) is 0 Å². The van der Waals surface area contributed by atoms with Gasteiger partial charge in [-0.25, -0.2) is 4.79 Å². The second-order valence-corrected chi connectivity index (χ2v) is 10.0. The van der Waals surface area contributed by atoms with Crippen molar-refractivity contribution in [2.45, 2.75) is 49.4 Å². The van der Waals surface area contributed by atoms with E-state index in [4.69, 9.17) is 21.1 Å². The van der Waals surface area contributed by atoms with Gasteiger partial charge in [-0.3, -0.25) is 0 Å². The molecular weight excluding hydrogens is 495 g/mol. The SMILES string of the molecule is COc1ccc([C@@]23CC[C@H](N(C)C(=O)Nc4ccc(Cl)c(C(F)(F)F)c4)C[C@@H]2N(C)CC3)cc1OC. The molecule has 0 unspecified atom stereocenters. The molecule has 36 heavy (non-hydrogen) atoms. The second-order valence-electron chi connectivity index (χ2n) is 9.63. The summed E-state index contributed by atoms with van der Waals surface area (Å²) in [6.07, 6.45) is -1.20. The van der Waals surface area contributed by atoms with Crippen LogP contribution in [0.2, 0.25) is 5.02 Å². The number of urea groups is 1. The van der Waals surface area contributed by atoms with Gasteiger partial charge in [0.05, 0.1) is 24.8 Å². The van der Waals surface area contributed by atoms with Crippen LogP contribution in [-0.2, 0) is 11.6 Å². The zero-order chi connectivity index (χ0) is 26.3. The zero-order valence-corrected chi connectivity index (χ0v) is 21.5. The first-order valence-corrected chi connectivity index (χ1v) is 12.2. The van der Waals surface area contributed by atoms with Gasteiger partial charge in [0.15, 0.2) is 11.5 Å². The predicted molar refractivity (Wildman–Crippen MR) is 133 cm³/mol. The van der Waals surface area contributed by atoms with Gasteiger partial charge in [-0.1, -0.05) is 17.7 Å². The number of nitrogens with one attached hydrogen (secondary N) is 1. The average molecular weight is 526 g/mol. The molecule has 1 saturated heterocycles. The van der Waals surface area contributed by atoms with Crippen LogP contribution >= 0.6 is 11.6 Å². The predicted octanol–water partition coefficient (Wildman–Crippen LogP) is 6.03. The molecule has 2 aromatic carbocycles. The molecule has 0 bridgehead atoms. The first-order chi connectivity index (χ1) is 17.0. The molecule has 2 aromatic rings. The summed E-state index contributed by atoms with van der Waals surface area (Å²) >= 11 is 5.70. The van der Waals surface area contributed by atoms with Gasteiger partial charge in [0, 0.05) is 30.2 Å². The maximum Gasteiger partial charge on any atom is 0.417 e. The molecule has 2 fully saturated rings. The van der Waals surface area contributed by atoms with Crippen molar-refractivity contribution < 1.29 is 27.4 Å². The van der Waals surface area contributed by atoms with Crippen molar-refractivity contribution in [2.75, 3.05) is 40.2 Å². The summed E-state index contributed by atoms with van der Waals surface area (Å²) in [7, 11) is 7.03. The Kier molecular flexibility index (Phi) is 7.35. The van der Waals surface area contributed by atoms with E-state index in [1.165, 1.54) is 11.6 Å². The Bertz CT molecular complexity index is 1130. The van der Waals surface area contributed by atoms with E-state index in [0.717, 1.165) is 44.4 Å². The lowest BCUT2D eigenvalue weighted by Crippen LogP contribution is -2.52. The number of nitrogens with zero attached hydrogens (tertiary/aromatic N) is 2. The molecule has 10 heteroatoms. The van der Waals surface area contributed by atoms with E-state index < -0.39 is 22.8 Å². The summed E-state index contributed by atoms with van der Waals surface area (Å²) in [5, 5.41) is 2.20. The first-order valence-electron chi connectivity index (χ1n) is 11.8. The lowest BCUT2D eigenvalue weighted by molar-refractivity contribution is -0.137. The number of methoxy groups -OCH3 is 2. The Balaban J connectivity index is 1.51. The molecule has 1 aliphatic carbocycles. The minimum atomic E-state index is -4.60. The Labute approximate surface area is 214 Å². The lowest BCUT2D eigenvalue weighted by Gasteiger charge is -2.46. The molecule has 4 rings (SSSR count). The number of ether oxygens (including phenoxy) is 2. The number of carbonyl (C=O) groups is 1. The molecular formula is C26H31ClF3N3O3. The molecule has 1 saturated carbocycles. The molecule has 2 amide bonds. The number of hydrogen-bond donors (Lipinski definition) is 1. The topological polar surface area (TPSA) is 54.0 Å². The van der Waals surface area contributed by atoms with Gasteiger partial charge in [0.1, 0.15) is 0 Å². The van der Waals surface area contributed by atoms with E-state index in [0.29, 0.717) is 11.5 Å². The third-order valence-electron chi connectivity index (χ3n) is 7.85. The molecule has 0 spiro atoms. The molecule has 3 atom stereocenters. The third kappa shape index (κ3) is 4.83. The van der Waals surface area contributed by atoms with Crippen LogP contribution in [0.5, 0.6) is 11.5 Å². The first kappa shape index (κ1) is 26.4. The van der Waals surface area contributed by atoms with Crippen molar-refractivity contribution in [3.63, 3.8) is 0 Å². The molecule has 2 aliphatic rings. The maximum absolute atomic E-state index is 13.2. The fourth-order valence-electron chi connectivity index (χ4n) is 5.79. The van der Waals surface area contributed by atoms with Crippen molar-refractivity contribution >= 4 is 23.3 Å². The fraction of sp³-hybridized carbons (Fsp3) is 0.500. The Morgan fingerprint density at radius 1 is 1.14 bits per heavy atom. The van der Waals surface area contributed by atoms with Gasteiger partial charge in [-0.15, -0.1) is 0 Å². The zero-order valence-electron chi connectivity index (χ0n) is 20.8. The highest BCUT2D eigenvalue weighted by Gasteiger charge is 2.51. The van der Waals surface area contributed by atoms with Gasteiger partial charge < -0.3 is 24.6 Å². The highest BCUT2D eigenvalue weighted by molar-refractivity contribution is 6.31. The van der Waals surface area contributed by atoms with E-state index in [1.807, 2.05) is 6.07 Å². The highest BCUT2D eigenvalue weighted by atomic mass is 35.5. The quantitative estimate of drug-likeness (QED) is 0.517. The van der Waals surface area contributed by atoms with Crippen LogP contribution < -0.4 is 14.8 Å². The van der Waals surface area contributed by atoms with E-state index in [2.05, 4.69) is 29.4 Å². The number of hydrogen-bond acceptors (Lipinski definition) is 4. The largest absolute Gasteiger partial charge is 0.493 e. The van der Waals surface area contributed by atoms with Crippen molar-refractivity contribution in [1.82, 2.24) is 9.80 Å². The summed E-state index contributed by atoms with van der Waals surface area (Å²) in [6.45, 7) is 0.937. The Morgan fingerprint density at radius 2 is 1.86 bits per heavy atom. The van der Waals surface area contributed by atoms with Gasteiger partial charge in [0.25, 0.3) is 0 Å². The third-order valence-corrected chi connectivity index (χ3v) is 8.18.